The second kappa shape index (κ2) is 7.98. The third-order valence-electron chi connectivity index (χ3n) is 3.56. The maximum Gasteiger partial charge on any atom is 0.291 e. The highest BCUT2D eigenvalue weighted by atomic mass is 16.5. The van der Waals surface area contributed by atoms with Gasteiger partial charge in [-0.2, -0.15) is 10.2 Å². The highest BCUT2D eigenvalue weighted by Crippen LogP contribution is 2.20. The minimum Gasteiger partial charge on any atom is -0.496 e. The Morgan fingerprint density at radius 2 is 2.15 bits per heavy atom. The fraction of sp³-hybridized carbons (Fsp3) is 0.105. The number of nitrogens with zero attached hydrogens (tertiary/aromatic N) is 2. The van der Waals surface area contributed by atoms with Crippen LogP contribution in [0.1, 0.15) is 21.8 Å². The number of aromatic nitrogens is 2. The van der Waals surface area contributed by atoms with Crippen LogP contribution in [0.4, 0.5) is 0 Å². The number of nitrogens with one attached hydrogen (secondary N) is 2. The van der Waals surface area contributed by atoms with Gasteiger partial charge in [0.15, 0.2) is 11.5 Å². The highest BCUT2D eigenvalue weighted by molar-refractivity contribution is 5.93. The standard InChI is InChI=1S/C19H18N4O3/c1-13-9-10-18(26-13)15-12-16(22-21-15)19(24)23-20-11-5-7-14-6-3-4-8-17(14)25-2/h3-12H,1-2H3,(H,21,22)(H,23,24). The molecule has 7 heteroatoms. The zero-order chi connectivity index (χ0) is 18.4. The SMILES string of the molecule is COc1ccccc1C=CC=NNC(=O)c1cc(-c2ccc(C)o2)[nH]n1. The van der Waals surface area contributed by atoms with Crippen molar-refractivity contribution in [2.24, 2.45) is 5.10 Å². The largest absolute Gasteiger partial charge is 0.496 e. The molecule has 0 radical (unpaired) electrons. The van der Waals surface area contributed by atoms with Crippen molar-refractivity contribution in [3.63, 3.8) is 0 Å². The van der Waals surface area contributed by atoms with Crippen LogP contribution in [0.2, 0.25) is 0 Å². The van der Waals surface area contributed by atoms with Crippen molar-refractivity contribution in [2.45, 2.75) is 6.92 Å². The van der Waals surface area contributed by atoms with Gasteiger partial charge in [0.2, 0.25) is 0 Å². The van der Waals surface area contributed by atoms with E-state index in [1.165, 1.54) is 6.21 Å². The number of H-pyrrole nitrogens is 1. The molecule has 26 heavy (non-hydrogen) atoms. The van der Waals surface area contributed by atoms with Crippen molar-refractivity contribution in [1.29, 1.82) is 0 Å². The summed E-state index contributed by atoms with van der Waals surface area (Å²) < 4.78 is 10.7. The first-order chi connectivity index (χ1) is 12.7. The van der Waals surface area contributed by atoms with Crippen LogP contribution in [0.3, 0.4) is 0 Å². The molecule has 1 aromatic carbocycles. The van der Waals surface area contributed by atoms with E-state index in [0.717, 1.165) is 17.1 Å². The number of ether oxygens (including phenoxy) is 1. The molecule has 0 unspecified atom stereocenters. The molecule has 1 amide bonds. The molecule has 0 spiro atoms. The summed E-state index contributed by atoms with van der Waals surface area (Å²) in [5.74, 6) is 1.75. The smallest absolute Gasteiger partial charge is 0.291 e. The molecule has 132 valence electrons. The first-order valence-corrected chi connectivity index (χ1v) is 7.92. The zero-order valence-corrected chi connectivity index (χ0v) is 14.4. The topological polar surface area (TPSA) is 92.5 Å². The van der Waals surface area contributed by atoms with Crippen molar-refractivity contribution in [1.82, 2.24) is 15.6 Å². The average Bonchev–Trinajstić information content (AvgIpc) is 3.30. The fourth-order valence-corrected chi connectivity index (χ4v) is 2.29. The number of hydrogen-bond acceptors (Lipinski definition) is 5. The second-order valence-electron chi connectivity index (χ2n) is 5.40. The van der Waals surface area contributed by atoms with E-state index in [0.29, 0.717) is 11.5 Å². The van der Waals surface area contributed by atoms with E-state index < -0.39 is 5.91 Å². The van der Waals surface area contributed by atoms with E-state index in [1.807, 2.05) is 49.4 Å². The fourth-order valence-electron chi connectivity index (χ4n) is 2.29. The van der Waals surface area contributed by atoms with Crippen LogP contribution in [0.25, 0.3) is 17.5 Å². The average molecular weight is 350 g/mol. The molecule has 3 rings (SSSR count). The number of para-hydroxylation sites is 1. The van der Waals surface area contributed by atoms with Gasteiger partial charge < -0.3 is 9.15 Å². The molecule has 0 aliphatic heterocycles. The van der Waals surface area contributed by atoms with E-state index in [-0.39, 0.29) is 5.69 Å². The highest BCUT2D eigenvalue weighted by Gasteiger charge is 2.12. The summed E-state index contributed by atoms with van der Waals surface area (Å²) in [5, 5.41) is 10.6. The molecule has 0 atom stereocenters. The monoisotopic (exact) mass is 350 g/mol. The Labute approximate surface area is 150 Å². The lowest BCUT2D eigenvalue weighted by Crippen LogP contribution is -2.17. The molecule has 3 aromatic rings. The van der Waals surface area contributed by atoms with Gasteiger partial charge in [-0.25, -0.2) is 5.43 Å². The number of furan rings is 1. The molecule has 2 heterocycles. The van der Waals surface area contributed by atoms with Crippen LogP contribution >= 0.6 is 0 Å². The van der Waals surface area contributed by atoms with Crippen molar-refractivity contribution in [3.8, 4) is 17.2 Å². The molecule has 2 N–H and O–H groups in total. The Bertz CT molecular complexity index is 953. The Morgan fingerprint density at radius 3 is 2.92 bits per heavy atom. The third-order valence-corrected chi connectivity index (χ3v) is 3.56. The summed E-state index contributed by atoms with van der Waals surface area (Å²) in [4.78, 5) is 12.0. The van der Waals surface area contributed by atoms with Crippen LogP contribution in [-0.4, -0.2) is 29.4 Å². The summed E-state index contributed by atoms with van der Waals surface area (Å²) in [5.41, 5.74) is 4.18. The van der Waals surface area contributed by atoms with Crippen LogP contribution in [0, 0.1) is 6.92 Å². The maximum atomic E-state index is 12.0. The summed E-state index contributed by atoms with van der Waals surface area (Å²) >= 11 is 0. The molecule has 7 nitrogen and oxygen atoms in total. The minimum absolute atomic E-state index is 0.222. The summed E-state index contributed by atoms with van der Waals surface area (Å²) in [6.07, 6.45) is 5.02. The number of rotatable bonds is 6. The molecule has 0 aliphatic rings. The quantitative estimate of drug-likeness (QED) is 0.526. The number of benzene rings is 1. The van der Waals surface area contributed by atoms with Gasteiger partial charge in [0, 0.05) is 17.8 Å². The molecule has 0 fully saturated rings. The van der Waals surface area contributed by atoms with Crippen LogP contribution in [-0.2, 0) is 0 Å². The van der Waals surface area contributed by atoms with Crippen molar-refractivity contribution in [2.75, 3.05) is 7.11 Å². The Balaban J connectivity index is 1.58. The number of amides is 1. The first kappa shape index (κ1) is 17.2. The Kier molecular flexibility index (Phi) is 5.28. The van der Waals surface area contributed by atoms with Crippen LogP contribution in [0.5, 0.6) is 5.75 Å². The van der Waals surface area contributed by atoms with Crippen molar-refractivity contribution < 1.29 is 13.9 Å². The van der Waals surface area contributed by atoms with Crippen LogP contribution < -0.4 is 10.2 Å². The minimum atomic E-state index is -0.419. The summed E-state index contributed by atoms with van der Waals surface area (Å²) in [6.45, 7) is 1.85. The molecule has 0 bridgehead atoms. The van der Waals surface area contributed by atoms with E-state index in [2.05, 4.69) is 20.7 Å². The predicted molar refractivity (Wildman–Crippen MR) is 99.0 cm³/mol. The Hall–Kier alpha value is -3.61. The summed E-state index contributed by atoms with van der Waals surface area (Å²) in [7, 11) is 1.61. The molecule has 2 aromatic heterocycles. The number of aryl methyl sites for hydroxylation is 1. The molecule has 0 saturated carbocycles. The number of carbonyl (C=O) groups is 1. The van der Waals surface area contributed by atoms with Crippen molar-refractivity contribution in [3.05, 3.63) is 65.6 Å². The van der Waals surface area contributed by atoms with Gasteiger partial charge in [0.1, 0.15) is 17.2 Å². The first-order valence-electron chi connectivity index (χ1n) is 7.92. The number of hydrogen-bond donors (Lipinski definition) is 2. The van der Waals surface area contributed by atoms with Crippen molar-refractivity contribution >= 4 is 18.2 Å². The van der Waals surface area contributed by atoms with E-state index in [1.54, 1.807) is 19.3 Å². The number of allylic oxidation sites excluding steroid dienone is 1. The van der Waals surface area contributed by atoms with Gasteiger partial charge in [-0.1, -0.05) is 18.2 Å². The number of methoxy groups -OCH3 is 1. The van der Waals surface area contributed by atoms with E-state index >= 15 is 0 Å². The lowest BCUT2D eigenvalue weighted by molar-refractivity contribution is 0.0950. The van der Waals surface area contributed by atoms with Crippen LogP contribution in [0.15, 0.2) is 58.1 Å². The number of hydrazone groups is 1. The third kappa shape index (κ3) is 4.07. The predicted octanol–water partition coefficient (Wildman–Crippen LogP) is 3.42. The lowest BCUT2D eigenvalue weighted by Gasteiger charge is -2.02. The van der Waals surface area contributed by atoms with E-state index in [9.17, 15) is 4.79 Å². The van der Waals surface area contributed by atoms with Gasteiger partial charge in [0.25, 0.3) is 5.91 Å². The lowest BCUT2D eigenvalue weighted by atomic mass is 10.2. The van der Waals surface area contributed by atoms with Gasteiger partial charge in [-0.15, -0.1) is 0 Å². The Morgan fingerprint density at radius 1 is 1.31 bits per heavy atom. The maximum absolute atomic E-state index is 12.0. The molecule has 0 saturated heterocycles. The summed E-state index contributed by atoms with van der Waals surface area (Å²) in [6, 6.07) is 12.9. The van der Waals surface area contributed by atoms with Gasteiger partial charge in [0.05, 0.1) is 7.11 Å². The second-order valence-corrected chi connectivity index (χ2v) is 5.40. The normalized spacial score (nSPS) is 11.3. The molecule has 0 aliphatic carbocycles. The molecular weight excluding hydrogens is 332 g/mol. The van der Waals surface area contributed by atoms with Gasteiger partial charge in [-0.05, 0) is 37.3 Å². The van der Waals surface area contributed by atoms with Gasteiger partial charge in [-0.3, -0.25) is 9.89 Å². The number of aromatic amines is 1. The molecular formula is C19H18N4O3. The van der Waals surface area contributed by atoms with Gasteiger partial charge >= 0.3 is 0 Å². The zero-order valence-electron chi connectivity index (χ0n) is 14.4. The number of carbonyl (C=O) groups excluding carboxylic acids is 1. The van der Waals surface area contributed by atoms with E-state index in [4.69, 9.17) is 9.15 Å².